The summed E-state index contributed by atoms with van der Waals surface area (Å²) < 4.78 is 5.24. The smallest absolute Gasteiger partial charge is 0.222 e. The van der Waals surface area contributed by atoms with E-state index < -0.39 is 5.54 Å². The Morgan fingerprint density at radius 1 is 1.09 bits per heavy atom. The van der Waals surface area contributed by atoms with Gasteiger partial charge in [0.2, 0.25) is 11.8 Å². The van der Waals surface area contributed by atoms with Gasteiger partial charge in [-0.25, -0.2) is 0 Å². The first-order valence-electron chi connectivity index (χ1n) is 12.2. The van der Waals surface area contributed by atoms with Gasteiger partial charge in [0.1, 0.15) is 11.5 Å². The van der Waals surface area contributed by atoms with Gasteiger partial charge in [-0.2, -0.15) is 0 Å². The molecule has 0 saturated carbocycles. The first-order valence-corrected chi connectivity index (χ1v) is 12.2. The SMILES string of the molecule is COc1ccc(C[C@]2(CCC(=O)N3CCC[C@@H](C(=O)Cc4ccccc4)C3)CCC(=O)N2)cc1. The topological polar surface area (TPSA) is 75.7 Å². The van der Waals surface area contributed by atoms with Crippen LogP contribution in [0.15, 0.2) is 54.6 Å². The number of hydrogen-bond donors (Lipinski definition) is 1. The molecular weight excluding hydrogens is 428 g/mol. The van der Waals surface area contributed by atoms with E-state index in [2.05, 4.69) is 5.32 Å². The fraction of sp³-hybridized carbons (Fsp3) is 0.464. The highest BCUT2D eigenvalue weighted by Gasteiger charge is 2.38. The van der Waals surface area contributed by atoms with Gasteiger partial charge in [-0.1, -0.05) is 42.5 Å². The largest absolute Gasteiger partial charge is 0.497 e. The molecule has 2 aromatic rings. The van der Waals surface area contributed by atoms with E-state index in [0.717, 1.165) is 36.1 Å². The number of benzene rings is 2. The minimum atomic E-state index is -0.403. The van der Waals surface area contributed by atoms with Crippen molar-refractivity contribution in [3.05, 3.63) is 65.7 Å². The van der Waals surface area contributed by atoms with Crippen LogP contribution in [-0.2, 0) is 27.2 Å². The maximum Gasteiger partial charge on any atom is 0.222 e. The van der Waals surface area contributed by atoms with Gasteiger partial charge < -0.3 is 15.0 Å². The van der Waals surface area contributed by atoms with Crippen LogP contribution in [0.4, 0.5) is 0 Å². The summed E-state index contributed by atoms with van der Waals surface area (Å²) in [5.74, 6) is 1.03. The van der Waals surface area contributed by atoms with Crippen LogP contribution in [0.2, 0.25) is 0 Å². The Kier molecular flexibility index (Phi) is 7.66. The van der Waals surface area contributed by atoms with Gasteiger partial charge in [0.05, 0.1) is 7.11 Å². The summed E-state index contributed by atoms with van der Waals surface area (Å²) in [5.41, 5.74) is 1.73. The summed E-state index contributed by atoms with van der Waals surface area (Å²) in [4.78, 5) is 39.9. The van der Waals surface area contributed by atoms with Crippen molar-refractivity contribution in [2.75, 3.05) is 20.2 Å². The van der Waals surface area contributed by atoms with Crippen molar-refractivity contribution in [3.63, 3.8) is 0 Å². The summed E-state index contributed by atoms with van der Waals surface area (Å²) in [6, 6.07) is 17.7. The first-order chi connectivity index (χ1) is 16.5. The van der Waals surface area contributed by atoms with Crippen LogP contribution in [0.25, 0.3) is 0 Å². The molecule has 2 aromatic carbocycles. The van der Waals surface area contributed by atoms with E-state index in [1.54, 1.807) is 7.11 Å². The van der Waals surface area contributed by atoms with Gasteiger partial charge in [0.25, 0.3) is 0 Å². The van der Waals surface area contributed by atoms with Crippen molar-refractivity contribution in [2.24, 2.45) is 5.92 Å². The molecule has 2 fully saturated rings. The number of carbonyl (C=O) groups is 3. The van der Waals surface area contributed by atoms with Crippen molar-refractivity contribution in [2.45, 2.75) is 56.9 Å². The lowest BCUT2D eigenvalue weighted by atomic mass is 9.84. The average molecular weight is 463 g/mol. The molecule has 34 heavy (non-hydrogen) atoms. The summed E-state index contributed by atoms with van der Waals surface area (Å²) in [6.07, 6.45) is 4.99. The second-order valence-electron chi connectivity index (χ2n) is 9.66. The third-order valence-corrected chi connectivity index (χ3v) is 7.20. The molecule has 0 bridgehead atoms. The van der Waals surface area contributed by atoms with Crippen molar-refractivity contribution < 1.29 is 19.1 Å². The number of amides is 2. The zero-order chi connectivity index (χ0) is 24.0. The van der Waals surface area contributed by atoms with E-state index in [9.17, 15) is 14.4 Å². The molecule has 0 aromatic heterocycles. The van der Waals surface area contributed by atoms with E-state index >= 15 is 0 Å². The molecule has 2 aliphatic heterocycles. The van der Waals surface area contributed by atoms with Crippen LogP contribution in [0.5, 0.6) is 5.75 Å². The molecule has 180 valence electrons. The van der Waals surface area contributed by atoms with Gasteiger partial charge in [-0.05, 0) is 55.4 Å². The van der Waals surface area contributed by atoms with Gasteiger partial charge >= 0.3 is 0 Å². The van der Waals surface area contributed by atoms with Gasteiger partial charge in [0, 0.05) is 43.8 Å². The minimum absolute atomic E-state index is 0.0468. The van der Waals surface area contributed by atoms with Gasteiger partial charge in [-0.3, -0.25) is 14.4 Å². The highest BCUT2D eigenvalue weighted by atomic mass is 16.5. The minimum Gasteiger partial charge on any atom is -0.497 e. The van der Waals surface area contributed by atoms with Crippen molar-refractivity contribution >= 4 is 17.6 Å². The third kappa shape index (κ3) is 6.04. The average Bonchev–Trinajstić information content (AvgIpc) is 3.24. The maximum atomic E-state index is 13.1. The standard InChI is InChI=1S/C28H34N2O4/c1-34-24-11-9-22(10-12-24)19-28(15-13-26(32)29-28)16-14-27(33)30-17-5-8-23(20-30)25(31)18-21-6-3-2-4-7-21/h2-4,6-7,9-12,23H,5,8,13-20H2,1H3,(H,29,32)/t23-,28-/m1/s1. The number of hydrogen-bond acceptors (Lipinski definition) is 4. The Morgan fingerprint density at radius 2 is 1.85 bits per heavy atom. The highest BCUT2D eigenvalue weighted by molar-refractivity contribution is 5.85. The number of rotatable bonds is 9. The Hall–Kier alpha value is -3.15. The number of carbonyl (C=O) groups excluding carboxylic acids is 3. The molecule has 0 unspecified atom stereocenters. The number of ketones is 1. The van der Waals surface area contributed by atoms with Gasteiger partial charge in [-0.15, -0.1) is 0 Å². The lowest BCUT2D eigenvalue weighted by molar-refractivity contribution is -0.135. The lowest BCUT2D eigenvalue weighted by Gasteiger charge is -2.34. The lowest BCUT2D eigenvalue weighted by Crippen LogP contribution is -2.46. The van der Waals surface area contributed by atoms with Crippen LogP contribution in [0.3, 0.4) is 0 Å². The molecule has 2 heterocycles. The van der Waals surface area contributed by atoms with Crippen LogP contribution in [0, 0.1) is 5.92 Å². The number of ether oxygens (including phenoxy) is 1. The second kappa shape index (κ2) is 10.9. The molecular formula is C28H34N2O4. The van der Waals surface area contributed by atoms with Crippen molar-refractivity contribution in [1.29, 1.82) is 0 Å². The highest BCUT2D eigenvalue weighted by Crippen LogP contribution is 2.31. The number of likely N-dealkylation sites (tertiary alicyclic amines) is 1. The predicted molar refractivity (Wildman–Crippen MR) is 130 cm³/mol. The molecule has 0 spiro atoms. The molecule has 0 aliphatic carbocycles. The quantitative estimate of drug-likeness (QED) is 0.616. The van der Waals surface area contributed by atoms with Crippen molar-refractivity contribution in [3.8, 4) is 5.75 Å². The number of nitrogens with zero attached hydrogens (tertiary/aromatic N) is 1. The van der Waals surface area contributed by atoms with Crippen LogP contribution < -0.4 is 10.1 Å². The van der Waals surface area contributed by atoms with E-state index in [4.69, 9.17) is 4.74 Å². The maximum absolute atomic E-state index is 13.1. The molecule has 2 amide bonds. The Labute approximate surface area is 201 Å². The van der Waals surface area contributed by atoms with E-state index in [1.807, 2.05) is 59.5 Å². The Balaban J connectivity index is 1.34. The molecule has 6 heteroatoms. The summed E-state index contributed by atoms with van der Waals surface area (Å²) >= 11 is 0. The van der Waals surface area contributed by atoms with E-state index in [-0.39, 0.29) is 23.5 Å². The first kappa shape index (κ1) is 24.0. The molecule has 4 rings (SSSR count). The molecule has 1 N–H and O–H groups in total. The monoisotopic (exact) mass is 462 g/mol. The summed E-state index contributed by atoms with van der Waals surface area (Å²) in [5, 5.41) is 3.16. The number of nitrogens with one attached hydrogen (secondary N) is 1. The summed E-state index contributed by atoms with van der Waals surface area (Å²) in [6.45, 7) is 1.20. The van der Waals surface area contributed by atoms with E-state index in [0.29, 0.717) is 45.2 Å². The van der Waals surface area contributed by atoms with E-state index in [1.165, 1.54) is 0 Å². The van der Waals surface area contributed by atoms with Crippen molar-refractivity contribution in [1.82, 2.24) is 10.2 Å². The Morgan fingerprint density at radius 3 is 2.53 bits per heavy atom. The zero-order valence-electron chi connectivity index (χ0n) is 19.9. The van der Waals surface area contributed by atoms with Crippen LogP contribution in [-0.4, -0.2) is 48.2 Å². The second-order valence-corrected chi connectivity index (χ2v) is 9.66. The normalized spacial score (nSPS) is 22.3. The molecule has 2 atom stereocenters. The predicted octanol–water partition coefficient (Wildman–Crippen LogP) is 3.72. The number of methoxy groups -OCH3 is 1. The fourth-order valence-corrected chi connectivity index (χ4v) is 5.23. The van der Waals surface area contributed by atoms with Crippen LogP contribution >= 0.6 is 0 Å². The zero-order valence-corrected chi connectivity index (χ0v) is 19.9. The molecule has 2 saturated heterocycles. The third-order valence-electron chi connectivity index (χ3n) is 7.20. The molecule has 0 radical (unpaired) electrons. The summed E-state index contributed by atoms with van der Waals surface area (Å²) in [7, 11) is 1.64. The van der Waals surface area contributed by atoms with Crippen LogP contribution in [0.1, 0.15) is 49.7 Å². The number of Topliss-reactive ketones (excluding diaryl/α,β-unsaturated/α-hetero) is 1. The molecule has 2 aliphatic rings. The van der Waals surface area contributed by atoms with Gasteiger partial charge in [0.15, 0.2) is 0 Å². The fourth-order valence-electron chi connectivity index (χ4n) is 5.23. The molecule has 6 nitrogen and oxygen atoms in total. The number of piperidine rings is 1. The Bertz CT molecular complexity index is 1000.